The SMILES string of the molecule is CC(=O)C1=C(C)CC2(C)CC3(C)Cc4c(C(C)C)cc(CC(=O)OC(C)(C)C)c(C)c4C(=O)C3=C(C)C2(C)C1=O. The quantitative estimate of drug-likeness (QED) is 0.291. The second-order valence-corrected chi connectivity index (χ2v) is 14.7. The van der Waals surface area contributed by atoms with Crippen molar-refractivity contribution in [3.8, 4) is 0 Å². The van der Waals surface area contributed by atoms with E-state index in [0.29, 0.717) is 36.0 Å². The summed E-state index contributed by atoms with van der Waals surface area (Å²) in [6, 6.07) is 2.10. The first-order valence-electron chi connectivity index (χ1n) is 14.6. The summed E-state index contributed by atoms with van der Waals surface area (Å²) < 4.78 is 5.62. The van der Waals surface area contributed by atoms with Crippen LogP contribution in [0.3, 0.4) is 0 Å². The number of hydrogen-bond donors (Lipinski definition) is 0. The summed E-state index contributed by atoms with van der Waals surface area (Å²) in [6.07, 6.45) is 2.12. The summed E-state index contributed by atoms with van der Waals surface area (Å²) in [6.45, 7) is 23.3. The molecule has 40 heavy (non-hydrogen) atoms. The van der Waals surface area contributed by atoms with Crippen molar-refractivity contribution in [3.05, 3.63) is 56.2 Å². The number of allylic oxidation sites excluding steroid dienone is 4. The molecule has 0 fully saturated rings. The number of carbonyl (C=O) groups is 4. The highest BCUT2D eigenvalue weighted by atomic mass is 16.6. The first kappa shape index (κ1) is 30.1. The minimum atomic E-state index is -0.946. The zero-order chi connectivity index (χ0) is 30.3. The average Bonchev–Trinajstić information content (AvgIpc) is 2.76. The second-order valence-electron chi connectivity index (χ2n) is 14.7. The number of fused-ring (bicyclic) bond motifs is 3. The third-order valence-electron chi connectivity index (χ3n) is 10.1. The molecule has 0 aliphatic heterocycles. The van der Waals surface area contributed by atoms with Crippen molar-refractivity contribution in [1.29, 1.82) is 0 Å². The highest BCUT2D eigenvalue weighted by molar-refractivity contribution is 6.24. The summed E-state index contributed by atoms with van der Waals surface area (Å²) in [5, 5.41) is 0. The van der Waals surface area contributed by atoms with Gasteiger partial charge >= 0.3 is 5.97 Å². The molecule has 0 amide bonds. The molecule has 0 spiro atoms. The predicted molar refractivity (Wildman–Crippen MR) is 157 cm³/mol. The number of ether oxygens (including phenoxy) is 1. The number of carbonyl (C=O) groups excluding carboxylic acids is 4. The number of ketones is 3. The predicted octanol–water partition coefficient (Wildman–Crippen LogP) is 7.36. The first-order chi connectivity index (χ1) is 18.2. The summed E-state index contributed by atoms with van der Waals surface area (Å²) >= 11 is 0. The Morgan fingerprint density at radius 1 is 1.02 bits per heavy atom. The van der Waals surface area contributed by atoms with Crippen LogP contribution in [-0.2, 0) is 32.0 Å². The van der Waals surface area contributed by atoms with Gasteiger partial charge in [-0.15, -0.1) is 0 Å². The molecule has 3 unspecified atom stereocenters. The Labute approximate surface area is 239 Å². The van der Waals surface area contributed by atoms with E-state index in [0.717, 1.165) is 33.4 Å². The number of rotatable bonds is 4. The Balaban J connectivity index is 1.95. The van der Waals surface area contributed by atoms with Crippen molar-refractivity contribution < 1.29 is 23.9 Å². The Morgan fingerprint density at radius 2 is 1.62 bits per heavy atom. The van der Waals surface area contributed by atoms with Gasteiger partial charge in [0.15, 0.2) is 17.3 Å². The van der Waals surface area contributed by atoms with Gasteiger partial charge < -0.3 is 4.74 Å². The Morgan fingerprint density at radius 3 is 2.15 bits per heavy atom. The molecule has 5 nitrogen and oxygen atoms in total. The Hall–Kier alpha value is -2.82. The zero-order valence-electron chi connectivity index (χ0n) is 26.5. The maximum atomic E-state index is 14.7. The highest BCUT2D eigenvalue weighted by Gasteiger charge is 2.63. The fraction of sp³-hybridized carbons (Fsp3) is 0.600. The lowest BCUT2D eigenvalue weighted by Crippen LogP contribution is -2.57. The van der Waals surface area contributed by atoms with Crippen LogP contribution in [0.2, 0.25) is 0 Å². The molecule has 3 atom stereocenters. The van der Waals surface area contributed by atoms with Gasteiger partial charge in [0.05, 0.1) is 17.4 Å². The average molecular weight is 547 g/mol. The van der Waals surface area contributed by atoms with Gasteiger partial charge in [-0.3, -0.25) is 19.2 Å². The van der Waals surface area contributed by atoms with Gasteiger partial charge in [0.2, 0.25) is 0 Å². The fourth-order valence-electron chi connectivity index (χ4n) is 8.30. The van der Waals surface area contributed by atoms with E-state index in [4.69, 9.17) is 4.74 Å². The van der Waals surface area contributed by atoms with E-state index in [2.05, 4.69) is 33.8 Å². The lowest BCUT2D eigenvalue weighted by atomic mass is 9.42. The van der Waals surface area contributed by atoms with Crippen molar-refractivity contribution >= 4 is 23.3 Å². The molecule has 3 aliphatic rings. The molecule has 0 N–H and O–H groups in total. The molecular formula is C35H46O5. The fourth-order valence-corrected chi connectivity index (χ4v) is 8.30. The molecule has 0 saturated heterocycles. The van der Waals surface area contributed by atoms with Crippen LogP contribution in [0.1, 0.15) is 128 Å². The van der Waals surface area contributed by atoms with Gasteiger partial charge in [0, 0.05) is 16.6 Å². The minimum absolute atomic E-state index is 0.0431. The van der Waals surface area contributed by atoms with Crippen molar-refractivity contribution in [2.45, 2.75) is 120 Å². The monoisotopic (exact) mass is 546 g/mol. The van der Waals surface area contributed by atoms with Crippen LogP contribution in [0, 0.1) is 23.2 Å². The zero-order valence-corrected chi connectivity index (χ0v) is 26.5. The number of Topliss-reactive ketones (excluding diaryl/α,β-unsaturated/α-hetero) is 3. The van der Waals surface area contributed by atoms with E-state index in [-0.39, 0.29) is 35.7 Å². The smallest absolute Gasteiger partial charge is 0.310 e. The van der Waals surface area contributed by atoms with E-state index >= 15 is 0 Å². The van der Waals surface area contributed by atoms with Gasteiger partial charge in [-0.25, -0.2) is 0 Å². The normalized spacial score (nSPS) is 28.4. The van der Waals surface area contributed by atoms with Crippen LogP contribution in [0.5, 0.6) is 0 Å². The molecule has 4 rings (SSSR count). The first-order valence-corrected chi connectivity index (χ1v) is 14.6. The molecule has 0 aromatic heterocycles. The van der Waals surface area contributed by atoms with Crippen molar-refractivity contribution in [2.75, 3.05) is 0 Å². The third-order valence-corrected chi connectivity index (χ3v) is 10.1. The van der Waals surface area contributed by atoms with Gasteiger partial charge in [-0.1, -0.05) is 44.9 Å². The van der Waals surface area contributed by atoms with E-state index in [9.17, 15) is 19.2 Å². The maximum Gasteiger partial charge on any atom is 0.310 e. The van der Waals surface area contributed by atoms with Crippen molar-refractivity contribution in [3.63, 3.8) is 0 Å². The second kappa shape index (κ2) is 9.36. The summed E-state index contributed by atoms with van der Waals surface area (Å²) in [4.78, 5) is 54.2. The number of benzene rings is 1. The summed E-state index contributed by atoms with van der Waals surface area (Å²) in [5.41, 5.74) is 4.70. The summed E-state index contributed by atoms with van der Waals surface area (Å²) in [5.74, 6) is -0.560. The molecule has 0 radical (unpaired) electrons. The van der Waals surface area contributed by atoms with Crippen LogP contribution < -0.4 is 0 Å². The molecule has 0 bridgehead atoms. The molecule has 1 aromatic carbocycles. The molecule has 3 aliphatic carbocycles. The van der Waals surface area contributed by atoms with E-state index in [1.54, 1.807) is 0 Å². The number of esters is 1. The van der Waals surface area contributed by atoms with Gasteiger partial charge in [-0.2, -0.15) is 0 Å². The third kappa shape index (κ3) is 4.35. The van der Waals surface area contributed by atoms with Gasteiger partial charge in [0.1, 0.15) is 5.60 Å². The summed E-state index contributed by atoms with van der Waals surface area (Å²) in [7, 11) is 0. The molecule has 0 heterocycles. The highest BCUT2D eigenvalue weighted by Crippen LogP contribution is 2.66. The van der Waals surface area contributed by atoms with Gasteiger partial charge in [0.25, 0.3) is 0 Å². The van der Waals surface area contributed by atoms with Crippen LogP contribution in [-0.4, -0.2) is 28.9 Å². The van der Waals surface area contributed by atoms with Crippen LogP contribution >= 0.6 is 0 Å². The molecule has 216 valence electrons. The molecule has 1 aromatic rings. The lowest BCUT2D eigenvalue weighted by molar-refractivity contribution is -0.154. The Kier molecular flexibility index (Phi) is 7.05. The largest absolute Gasteiger partial charge is 0.460 e. The lowest BCUT2D eigenvalue weighted by Gasteiger charge is -2.59. The minimum Gasteiger partial charge on any atom is -0.460 e. The van der Waals surface area contributed by atoms with Crippen LogP contribution in [0.15, 0.2) is 28.4 Å². The molecule has 0 saturated carbocycles. The maximum absolute atomic E-state index is 14.7. The number of hydrogen-bond acceptors (Lipinski definition) is 5. The van der Waals surface area contributed by atoms with Gasteiger partial charge in [-0.05, 0) is 108 Å². The standard InChI is InChI=1S/C35H46O5/c1-18(2)24-13-23(14-26(37)40-32(7,8)9)20(4)28-25(24)16-33(10)17-34(11)15-19(3)27(22(6)36)31(39)35(34,12)21(5)29(33)30(28)38/h13,18H,14-17H2,1-12H3. The molecular weight excluding hydrogens is 500 g/mol. The Bertz CT molecular complexity index is 1430. The topological polar surface area (TPSA) is 77.5 Å². The van der Waals surface area contributed by atoms with E-state index in [1.165, 1.54) is 6.92 Å². The van der Waals surface area contributed by atoms with E-state index < -0.39 is 21.8 Å². The molecule has 5 heteroatoms. The van der Waals surface area contributed by atoms with Crippen LogP contribution in [0.25, 0.3) is 0 Å². The van der Waals surface area contributed by atoms with E-state index in [1.807, 2.05) is 48.5 Å². The van der Waals surface area contributed by atoms with Crippen molar-refractivity contribution in [2.24, 2.45) is 16.2 Å². The van der Waals surface area contributed by atoms with Crippen LogP contribution in [0.4, 0.5) is 0 Å². The van der Waals surface area contributed by atoms with Crippen molar-refractivity contribution in [1.82, 2.24) is 0 Å².